The molecule has 0 aromatic heterocycles. The molecule has 0 N–H and O–H groups in total. The van der Waals surface area contributed by atoms with E-state index < -0.39 is 29.4 Å². The van der Waals surface area contributed by atoms with E-state index in [0.717, 1.165) is 0 Å². The van der Waals surface area contributed by atoms with Crippen LogP contribution in [0, 0.1) is 23.0 Å². The van der Waals surface area contributed by atoms with E-state index >= 15 is 0 Å². The van der Waals surface area contributed by atoms with Crippen LogP contribution in [-0.2, 0) is 9.53 Å². The first-order valence-corrected chi connectivity index (χ1v) is 7.02. The number of nitriles is 1. The fourth-order valence-corrected chi connectivity index (χ4v) is 2.50. The van der Waals surface area contributed by atoms with Gasteiger partial charge in [0, 0.05) is 5.92 Å². The third kappa shape index (κ3) is 4.13. The highest BCUT2D eigenvalue weighted by atomic mass is 19.1. The van der Waals surface area contributed by atoms with Crippen LogP contribution >= 0.6 is 0 Å². The van der Waals surface area contributed by atoms with Gasteiger partial charge in [-0.2, -0.15) is 5.26 Å². The molecule has 118 valence electrons. The molecule has 2 atom stereocenters. The van der Waals surface area contributed by atoms with Crippen molar-refractivity contribution in [2.45, 2.75) is 18.3 Å². The zero-order chi connectivity index (χ0) is 16.8. The number of nitrogens with zero attached hydrogens (tertiary/aromatic N) is 1. The lowest BCUT2D eigenvalue weighted by atomic mass is 9.80. The molecule has 3 nitrogen and oxygen atoms in total. The Morgan fingerprint density at radius 2 is 1.83 bits per heavy atom. The van der Waals surface area contributed by atoms with E-state index in [1.807, 2.05) is 0 Å². The van der Waals surface area contributed by atoms with Crippen LogP contribution in [0.3, 0.4) is 0 Å². The van der Waals surface area contributed by atoms with Crippen molar-refractivity contribution < 1.29 is 18.3 Å². The van der Waals surface area contributed by atoms with E-state index in [4.69, 9.17) is 0 Å². The Bertz CT molecular complexity index is 723. The smallest absolute Gasteiger partial charge is 0.306 e. The van der Waals surface area contributed by atoms with Crippen molar-refractivity contribution in [3.8, 4) is 6.07 Å². The number of rotatable bonds is 5. The number of carbonyl (C=O) groups excluding carboxylic acids is 1. The molecule has 0 saturated carbocycles. The Morgan fingerprint density at radius 3 is 2.39 bits per heavy atom. The summed E-state index contributed by atoms with van der Waals surface area (Å²) >= 11 is 0. The van der Waals surface area contributed by atoms with Crippen LogP contribution in [0.2, 0.25) is 0 Å². The van der Waals surface area contributed by atoms with Gasteiger partial charge in [0.05, 0.1) is 25.5 Å². The van der Waals surface area contributed by atoms with Crippen molar-refractivity contribution >= 4 is 5.97 Å². The zero-order valence-corrected chi connectivity index (χ0v) is 12.5. The van der Waals surface area contributed by atoms with Crippen LogP contribution in [0.25, 0.3) is 0 Å². The number of benzene rings is 2. The molecule has 0 aliphatic heterocycles. The van der Waals surface area contributed by atoms with Crippen molar-refractivity contribution in [2.24, 2.45) is 0 Å². The summed E-state index contributed by atoms with van der Waals surface area (Å²) < 4.78 is 31.3. The van der Waals surface area contributed by atoms with Crippen LogP contribution < -0.4 is 0 Å². The van der Waals surface area contributed by atoms with Gasteiger partial charge in [-0.25, -0.2) is 8.78 Å². The lowest BCUT2D eigenvalue weighted by Crippen LogP contribution is -2.16. The number of ether oxygens (including phenoxy) is 1. The van der Waals surface area contributed by atoms with Gasteiger partial charge in [-0.3, -0.25) is 4.79 Å². The summed E-state index contributed by atoms with van der Waals surface area (Å²) in [7, 11) is 1.25. The highest BCUT2D eigenvalue weighted by Gasteiger charge is 2.28. The second-order valence-electron chi connectivity index (χ2n) is 5.10. The summed E-state index contributed by atoms with van der Waals surface area (Å²) in [5.41, 5.74) is 1.08. The van der Waals surface area contributed by atoms with Gasteiger partial charge in [-0.15, -0.1) is 0 Å². The second-order valence-corrected chi connectivity index (χ2v) is 5.10. The summed E-state index contributed by atoms with van der Waals surface area (Å²) in [5, 5.41) is 9.55. The average molecular weight is 315 g/mol. The molecular formula is C18H15F2NO2. The Morgan fingerprint density at radius 1 is 1.13 bits per heavy atom. The molecule has 2 aromatic rings. The van der Waals surface area contributed by atoms with Crippen molar-refractivity contribution in [3.63, 3.8) is 0 Å². The number of halogens is 2. The quantitative estimate of drug-likeness (QED) is 0.786. The van der Waals surface area contributed by atoms with Crippen LogP contribution in [-0.4, -0.2) is 13.1 Å². The van der Waals surface area contributed by atoms with E-state index in [1.165, 1.54) is 49.6 Å². The Hall–Kier alpha value is -2.74. The number of hydrogen-bond acceptors (Lipinski definition) is 3. The second kappa shape index (κ2) is 7.50. The molecule has 0 spiro atoms. The van der Waals surface area contributed by atoms with Crippen LogP contribution in [0.5, 0.6) is 0 Å². The summed E-state index contributed by atoms with van der Waals surface area (Å²) in [5.74, 6) is -2.68. The molecule has 0 radical (unpaired) electrons. The lowest BCUT2D eigenvalue weighted by Gasteiger charge is -2.22. The molecule has 0 bridgehead atoms. The van der Waals surface area contributed by atoms with Gasteiger partial charge in [0.15, 0.2) is 0 Å². The third-order valence-corrected chi connectivity index (χ3v) is 3.66. The average Bonchev–Trinajstić information content (AvgIpc) is 2.56. The number of hydrogen-bond donors (Lipinski definition) is 0. The Kier molecular flexibility index (Phi) is 5.42. The van der Waals surface area contributed by atoms with Gasteiger partial charge in [0.25, 0.3) is 0 Å². The maximum atomic E-state index is 13.5. The summed E-state index contributed by atoms with van der Waals surface area (Å²) in [4.78, 5) is 11.7. The van der Waals surface area contributed by atoms with E-state index in [2.05, 4.69) is 10.8 Å². The number of esters is 1. The fourth-order valence-electron chi connectivity index (χ4n) is 2.50. The van der Waals surface area contributed by atoms with Gasteiger partial charge >= 0.3 is 5.97 Å². The maximum absolute atomic E-state index is 13.5. The number of carbonyl (C=O) groups is 1. The molecule has 23 heavy (non-hydrogen) atoms. The third-order valence-electron chi connectivity index (χ3n) is 3.66. The molecule has 5 heteroatoms. The highest BCUT2D eigenvalue weighted by molar-refractivity contribution is 5.70. The van der Waals surface area contributed by atoms with Crippen molar-refractivity contribution in [3.05, 3.63) is 71.3 Å². The maximum Gasteiger partial charge on any atom is 0.306 e. The molecule has 0 heterocycles. The van der Waals surface area contributed by atoms with Crippen LogP contribution in [0.15, 0.2) is 48.5 Å². The van der Waals surface area contributed by atoms with E-state index in [1.54, 1.807) is 6.07 Å². The molecular weight excluding hydrogens is 300 g/mol. The minimum absolute atomic E-state index is 0.0739. The Balaban J connectivity index is 2.44. The van der Waals surface area contributed by atoms with Crippen LogP contribution in [0.4, 0.5) is 8.78 Å². The first-order valence-electron chi connectivity index (χ1n) is 7.02. The molecule has 0 aliphatic carbocycles. The van der Waals surface area contributed by atoms with Gasteiger partial charge in [0.2, 0.25) is 0 Å². The van der Waals surface area contributed by atoms with Gasteiger partial charge in [-0.1, -0.05) is 24.3 Å². The molecule has 2 unspecified atom stereocenters. The largest absolute Gasteiger partial charge is 0.469 e. The molecule has 0 fully saturated rings. The molecule has 0 aliphatic rings. The van der Waals surface area contributed by atoms with Gasteiger partial charge < -0.3 is 4.74 Å². The standard InChI is InChI=1S/C18H15F2NO2/c1-23-18(22)10-16(13-3-2-4-15(20)9-13)17(11-21)12-5-7-14(19)8-6-12/h2-9,16-17H,10H2,1H3. The van der Waals surface area contributed by atoms with E-state index in [0.29, 0.717) is 11.1 Å². The zero-order valence-electron chi connectivity index (χ0n) is 12.5. The predicted octanol–water partition coefficient (Wildman–Crippen LogP) is 3.92. The molecule has 2 aromatic carbocycles. The molecule has 0 amide bonds. The van der Waals surface area contributed by atoms with Crippen molar-refractivity contribution in [1.82, 2.24) is 0 Å². The first-order chi connectivity index (χ1) is 11.0. The SMILES string of the molecule is COC(=O)CC(c1cccc(F)c1)C(C#N)c1ccc(F)cc1. The first kappa shape index (κ1) is 16.6. The highest BCUT2D eigenvalue weighted by Crippen LogP contribution is 2.36. The molecule has 0 saturated heterocycles. The van der Waals surface area contributed by atoms with Crippen LogP contribution in [0.1, 0.15) is 29.4 Å². The Labute approximate surface area is 133 Å². The predicted molar refractivity (Wildman–Crippen MR) is 80.5 cm³/mol. The van der Waals surface area contributed by atoms with Gasteiger partial charge in [0.1, 0.15) is 11.6 Å². The normalized spacial score (nSPS) is 13.0. The van der Waals surface area contributed by atoms with Crippen molar-refractivity contribution in [2.75, 3.05) is 7.11 Å². The number of methoxy groups -OCH3 is 1. The summed E-state index contributed by atoms with van der Waals surface area (Å²) in [6.45, 7) is 0. The van der Waals surface area contributed by atoms with E-state index in [9.17, 15) is 18.8 Å². The van der Waals surface area contributed by atoms with E-state index in [-0.39, 0.29) is 6.42 Å². The minimum Gasteiger partial charge on any atom is -0.469 e. The molecule has 2 rings (SSSR count). The van der Waals surface area contributed by atoms with Crippen molar-refractivity contribution in [1.29, 1.82) is 5.26 Å². The topological polar surface area (TPSA) is 50.1 Å². The fraction of sp³-hybridized carbons (Fsp3) is 0.222. The van der Waals surface area contributed by atoms with Gasteiger partial charge in [-0.05, 0) is 35.4 Å². The summed E-state index contributed by atoms with van der Waals surface area (Å²) in [6.07, 6.45) is -0.0739. The lowest BCUT2D eigenvalue weighted by molar-refractivity contribution is -0.141. The summed E-state index contributed by atoms with van der Waals surface area (Å²) in [6, 6.07) is 13.4. The minimum atomic E-state index is -0.725. The monoisotopic (exact) mass is 315 g/mol.